The Morgan fingerprint density at radius 3 is 2.59 bits per heavy atom. The first-order valence-electron chi connectivity index (χ1n) is 14.1. The third-order valence-corrected chi connectivity index (χ3v) is 7.07. The highest BCUT2D eigenvalue weighted by Gasteiger charge is 2.16. The Kier molecular flexibility index (Phi) is 7.84. The maximum Gasteiger partial charge on any atom is 0.228 e. The molecule has 4 heterocycles. The predicted molar refractivity (Wildman–Crippen MR) is 172 cm³/mol. The second-order valence-corrected chi connectivity index (χ2v) is 10.7. The topological polar surface area (TPSA) is 125 Å². The van der Waals surface area contributed by atoms with Crippen LogP contribution >= 0.6 is 0 Å². The van der Waals surface area contributed by atoms with Gasteiger partial charge in [-0.05, 0) is 67.5 Å². The Labute approximate surface area is 253 Å². The fourth-order valence-corrected chi connectivity index (χ4v) is 5.10. The van der Waals surface area contributed by atoms with Crippen molar-refractivity contribution in [2.24, 2.45) is 5.73 Å². The van der Waals surface area contributed by atoms with Gasteiger partial charge in [0, 0.05) is 34.6 Å². The molecule has 5 N–H and O–H groups in total. The van der Waals surface area contributed by atoms with Crippen molar-refractivity contribution >= 4 is 33.4 Å². The van der Waals surface area contributed by atoms with Crippen LogP contribution in [0.5, 0.6) is 0 Å². The van der Waals surface area contributed by atoms with Gasteiger partial charge in [-0.3, -0.25) is 14.9 Å². The molecule has 4 aromatic heterocycles. The van der Waals surface area contributed by atoms with Gasteiger partial charge in [0.1, 0.15) is 17.0 Å². The van der Waals surface area contributed by atoms with E-state index < -0.39 is 0 Å². The number of benzene rings is 2. The fraction of sp³-hybridized carbons (Fsp3) is 0.0857. The quantitative estimate of drug-likeness (QED) is 0.146. The maximum atomic E-state index is 14.0. The third kappa shape index (κ3) is 6.03. The van der Waals surface area contributed by atoms with Gasteiger partial charge in [0.2, 0.25) is 5.91 Å². The summed E-state index contributed by atoms with van der Waals surface area (Å²) in [5.41, 5.74) is 14.9. The number of aromatic nitrogens is 5. The second-order valence-electron chi connectivity index (χ2n) is 10.7. The minimum Gasteiger partial charge on any atom is -0.404 e. The van der Waals surface area contributed by atoms with Gasteiger partial charge in [-0.25, -0.2) is 9.37 Å². The Hall–Kier alpha value is -5.83. The molecule has 1 amide bonds. The summed E-state index contributed by atoms with van der Waals surface area (Å²) in [6.07, 6.45) is 8.87. The van der Waals surface area contributed by atoms with Gasteiger partial charge < -0.3 is 16.0 Å². The Bertz CT molecular complexity index is 2080. The molecule has 6 aromatic rings. The normalized spacial score (nSPS) is 12.1. The maximum absolute atomic E-state index is 14.0. The van der Waals surface area contributed by atoms with Crippen LogP contribution in [0.15, 0.2) is 115 Å². The number of nitrogens with two attached hydrogens (primary N) is 1. The van der Waals surface area contributed by atoms with Crippen molar-refractivity contribution in [2.45, 2.75) is 20.3 Å². The first kappa shape index (κ1) is 28.3. The number of hydrogen-bond donors (Lipinski definition) is 4. The van der Waals surface area contributed by atoms with E-state index in [0.29, 0.717) is 28.2 Å². The lowest BCUT2D eigenvalue weighted by Crippen LogP contribution is -2.24. The lowest BCUT2D eigenvalue weighted by atomic mass is 10.0. The molecule has 0 atom stereocenters. The lowest BCUT2D eigenvalue weighted by molar-refractivity contribution is -0.119. The molecule has 218 valence electrons. The van der Waals surface area contributed by atoms with E-state index in [1.165, 1.54) is 18.3 Å². The number of rotatable bonds is 8. The lowest BCUT2D eigenvalue weighted by Gasteiger charge is -2.09. The number of amides is 1. The monoisotopic (exact) mass is 583 g/mol. The number of carbonyl (C=O) groups excluding carboxylic acids is 1. The average Bonchev–Trinajstić information content (AvgIpc) is 3.63. The van der Waals surface area contributed by atoms with E-state index in [9.17, 15) is 9.18 Å². The molecular weight excluding hydrogens is 553 g/mol. The van der Waals surface area contributed by atoms with E-state index in [1.807, 2.05) is 80.6 Å². The van der Waals surface area contributed by atoms with Crippen molar-refractivity contribution < 1.29 is 9.18 Å². The number of carbonyl (C=O) groups is 1. The Morgan fingerprint density at radius 1 is 0.977 bits per heavy atom. The van der Waals surface area contributed by atoms with Gasteiger partial charge in [-0.15, -0.1) is 0 Å². The first-order valence-corrected chi connectivity index (χ1v) is 14.1. The zero-order chi connectivity index (χ0) is 30.6. The minimum absolute atomic E-state index is 0.136. The van der Waals surface area contributed by atoms with Crippen LogP contribution in [0.4, 0.5) is 4.39 Å². The summed E-state index contributed by atoms with van der Waals surface area (Å²) in [5, 5.41) is 11.5. The average molecular weight is 584 g/mol. The summed E-state index contributed by atoms with van der Waals surface area (Å²) in [7, 11) is 0. The van der Waals surface area contributed by atoms with Crippen molar-refractivity contribution in [3.05, 3.63) is 132 Å². The van der Waals surface area contributed by atoms with Crippen molar-refractivity contribution in [2.75, 3.05) is 0 Å². The SMILES string of the molecule is CC(C)=C/C(=C\C(=C/N)c1ccc2[nH]nc(-c3cc4c(-c5cccc(F)c5)cncc4[nH]3)c2n1)NC(=O)Cc1ccccc1. The van der Waals surface area contributed by atoms with E-state index >= 15 is 0 Å². The van der Waals surface area contributed by atoms with Crippen LogP contribution in [0.1, 0.15) is 25.1 Å². The van der Waals surface area contributed by atoms with Crippen molar-refractivity contribution in [1.29, 1.82) is 0 Å². The van der Waals surface area contributed by atoms with E-state index in [0.717, 1.165) is 44.4 Å². The summed E-state index contributed by atoms with van der Waals surface area (Å²) in [6.45, 7) is 3.92. The standard InChI is InChI=1S/C35H30FN7O/c1-21(2)13-26(39-33(44)14-22-7-4-3-5-8-22)16-24(18-37)29-11-12-30-34(41-29)35(43-42-30)31-17-27-28(19-38-20-32(27)40-31)23-9-6-10-25(36)15-23/h3-13,15-20,40H,14,37H2,1-2H3,(H,39,44)(H,42,43)/b24-18+,26-16+. The van der Waals surface area contributed by atoms with Crippen molar-refractivity contribution in [3.8, 4) is 22.5 Å². The van der Waals surface area contributed by atoms with Crippen LogP contribution in [-0.2, 0) is 11.2 Å². The summed E-state index contributed by atoms with van der Waals surface area (Å²) in [5.74, 6) is -0.450. The number of pyridine rings is 2. The number of nitrogens with one attached hydrogen (secondary N) is 3. The van der Waals surface area contributed by atoms with Crippen LogP contribution in [0.25, 0.3) is 50.0 Å². The van der Waals surface area contributed by atoms with E-state index in [2.05, 4.69) is 25.5 Å². The molecule has 0 saturated heterocycles. The zero-order valence-corrected chi connectivity index (χ0v) is 24.2. The molecule has 0 radical (unpaired) electrons. The molecule has 0 aliphatic rings. The highest BCUT2D eigenvalue weighted by atomic mass is 19.1. The zero-order valence-electron chi connectivity index (χ0n) is 24.2. The Morgan fingerprint density at radius 2 is 1.82 bits per heavy atom. The number of aromatic amines is 2. The molecular formula is C35H30FN7O. The number of nitrogens with zero attached hydrogens (tertiary/aromatic N) is 3. The van der Waals surface area contributed by atoms with Crippen LogP contribution in [0, 0.1) is 5.82 Å². The smallest absolute Gasteiger partial charge is 0.228 e. The van der Waals surface area contributed by atoms with Gasteiger partial charge in [0.25, 0.3) is 0 Å². The van der Waals surface area contributed by atoms with Gasteiger partial charge in [-0.2, -0.15) is 5.10 Å². The molecule has 0 spiro atoms. The first-order chi connectivity index (χ1) is 21.4. The van der Waals surface area contributed by atoms with Gasteiger partial charge in [-0.1, -0.05) is 48.0 Å². The molecule has 6 rings (SSSR count). The van der Waals surface area contributed by atoms with Gasteiger partial charge in [0.15, 0.2) is 0 Å². The molecule has 9 heteroatoms. The largest absolute Gasteiger partial charge is 0.404 e. The molecule has 2 aromatic carbocycles. The molecule has 8 nitrogen and oxygen atoms in total. The van der Waals surface area contributed by atoms with Gasteiger partial charge >= 0.3 is 0 Å². The molecule has 0 aliphatic heterocycles. The molecule has 44 heavy (non-hydrogen) atoms. The third-order valence-electron chi connectivity index (χ3n) is 7.07. The van der Waals surface area contributed by atoms with Crippen LogP contribution < -0.4 is 11.1 Å². The Balaban J connectivity index is 1.35. The summed E-state index contributed by atoms with van der Waals surface area (Å²) in [6, 6.07) is 21.7. The number of fused-ring (bicyclic) bond motifs is 2. The summed E-state index contributed by atoms with van der Waals surface area (Å²) >= 11 is 0. The molecule has 0 unspecified atom stereocenters. The summed E-state index contributed by atoms with van der Waals surface area (Å²) in [4.78, 5) is 25.5. The van der Waals surface area contributed by atoms with Crippen LogP contribution in [0.2, 0.25) is 0 Å². The number of allylic oxidation sites excluding steroid dienone is 4. The minimum atomic E-state index is -0.313. The second kappa shape index (κ2) is 12.2. The summed E-state index contributed by atoms with van der Waals surface area (Å²) < 4.78 is 14.0. The van der Waals surface area contributed by atoms with Crippen molar-refractivity contribution in [1.82, 2.24) is 30.5 Å². The predicted octanol–water partition coefficient (Wildman–Crippen LogP) is 6.82. The number of H-pyrrole nitrogens is 2. The number of halogens is 1. The molecule has 0 aliphatic carbocycles. The van der Waals surface area contributed by atoms with E-state index in [4.69, 9.17) is 10.7 Å². The highest BCUT2D eigenvalue weighted by Crippen LogP contribution is 2.33. The van der Waals surface area contributed by atoms with Crippen LogP contribution in [-0.4, -0.2) is 31.1 Å². The van der Waals surface area contributed by atoms with Gasteiger partial charge in [0.05, 0.1) is 35.0 Å². The van der Waals surface area contributed by atoms with E-state index in [1.54, 1.807) is 18.5 Å². The fourth-order valence-electron chi connectivity index (χ4n) is 5.10. The van der Waals surface area contributed by atoms with Crippen molar-refractivity contribution in [3.63, 3.8) is 0 Å². The molecule has 0 saturated carbocycles. The number of hydrogen-bond acceptors (Lipinski definition) is 5. The van der Waals surface area contributed by atoms with E-state index in [-0.39, 0.29) is 18.1 Å². The molecule has 0 bridgehead atoms. The molecule has 0 fully saturated rings. The highest BCUT2D eigenvalue weighted by molar-refractivity contribution is 6.00. The van der Waals surface area contributed by atoms with Crippen LogP contribution in [0.3, 0.4) is 0 Å².